The number of rotatable bonds is 11. The molecule has 4 aromatic rings. The molecule has 3 heteroatoms. The van der Waals surface area contributed by atoms with Crippen molar-refractivity contribution in [3.05, 3.63) is 126 Å². The molecule has 166 valence electrons. The van der Waals surface area contributed by atoms with Gasteiger partial charge in [-0.2, -0.15) is 0 Å². The van der Waals surface area contributed by atoms with Crippen molar-refractivity contribution in [1.82, 2.24) is 0 Å². The molecular formula is C30H28O3. The van der Waals surface area contributed by atoms with Crippen LogP contribution in [0, 0.1) is 5.41 Å². The van der Waals surface area contributed by atoms with E-state index in [0.717, 1.165) is 33.7 Å². The average Bonchev–Trinajstić information content (AvgIpc) is 2.88. The third-order valence-electron chi connectivity index (χ3n) is 5.62. The first-order chi connectivity index (χ1) is 16.3. The van der Waals surface area contributed by atoms with Crippen LogP contribution in [0.3, 0.4) is 0 Å². The summed E-state index contributed by atoms with van der Waals surface area (Å²) >= 11 is 0. The average molecular weight is 437 g/mol. The van der Waals surface area contributed by atoms with Crippen molar-refractivity contribution in [3.63, 3.8) is 0 Å². The molecule has 0 heterocycles. The maximum atomic E-state index is 12.4. The van der Waals surface area contributed by atoms with Gasteiger partial charge in [0.1, 0.15) is 6.29 Å². The summed E-state index contributed by atoms with van der Waals surface area (Å²) in [6, 6.07) is 34.3. The fraction of sp³-hybridized carbons (Fsp3) is 0.167. The number of carbonyl (C=O) groups is 1. The normalized spacial score (nSPS) is 11.8. The van der Waals surface area contributed by atoms with Gasteiger partial charge in [0.05, 0.1) is 31.8 Å². The molecule has 0 radical (unpaired) electrons. The second-order valence-corrected chi connectivity index (χ2v) is 8.21. The van der Waals surface area contributed by atoms with Gasteiger partial charge in [0.15, 0.2) is 0 Å². The Bertz CT molecular complexity index is 1130. The van der Waals surface area contributed by atoms with Crippen LogP contribution in [-0.2, 0) is 27.5 Å². The van der Waals surface area contributed by atoms with Gasteiger partial charge in [0, 0.05) is 0 Å². The molecule has 4 aromatic carbocycles. The lowest BCUT2D eigenvalue weighted by Crippen LogP contribution is -2.32. The lowest BCUT2D eigenvalue weighted by Gasteiger charge is -2.24. The van der Waals surface area contributed by atoms with Gasteiger partial charge in [-0.1, -0.05) is 115 Å². The van der Waals surface area contributed by atoms with Gasteiger partial charge in [-0.3, -0.25) is 0 Å². The molecule has 0 N–H and O–H groups in total. The second kappa shape index (κ2) is 11.4. The first-order valence-corrected chi connectivity index (χ1v) is 11.1. The summed E-state index contributed by atoms with van der Waals surface area (Å²) in [5, 5.41) is 2.31. The molecular weight excluding hydrogens is 408 g/mol. The lowest BCUT2D eigenvalue weighted by atomic mass is 9.90. The van der Waals surface area contributed by atoms with Gasteiger partial charge in [-0.15, -0.1) is 0 Å². The molecule has 0 aliphatic carbocycles. The summed E-state index contributed by atoms with van der Waals surface area (Å²) in [5.74, 6) is 0. The van der Waals surface area contributed by atoms with Crippen LogP contribution in [0.2, 0.25) is 0 Å². The fourth-order valence-electron chi connectivity index (χ4n) is 3.76. The second-order valence-electron chi connectivity index (χ2n) is 8.21. The Labute approximate surface area is 195 Å². The molecule has 0 atom stereocenters. The maximum Gasteiger partial charge on any atom is 0.134 e. The predicted molar refractivity (Wildman–Crippen MR) is 134 cm³/mol. The summed E-state index contributed by atoms with van der Waals surface area (Å²) < 4.78 is 12.0. The van der Waals surface area contributed by atoms with Gasteiger partial charge >= 0.3 is 0 Å². The van der Waals surface area contributed by atoms with Crippen molar-refractivity contribution in [3.8, 4) is 0 Å². The Hall–Kier alpha value is -3.53. The third kappa shape index (κ3) is 6.26. The van der Waals surface area contributed by atoms with Crippen LogP contribution in [0.4, 0.5) is 0 Å². The van der Waals surface area contributed by atoms with Crippen molar-refractivity contribution in [1.29, 1.82) is 0 Å². The van der Waals surface area contributed by atoms with Gasteiger partial charge in [0.2, 0.25) is 0 Å². The predicted octanol–water partition coefficient (Wildman–Crippen LogP) is 6.47. The monoisotopic (exact) mass is 436 g/mol. The van der Waals surface area contributed by atoms with E-state index in [0.29, 0.717) is 13.2 Å². The SMILES string of the molecule is O=CC(C=Cc1cccc2ccccc12)(COCc1ccccc1)COCc1ccccc1. The molecule has 0 aromatic heterocycles. The van der Waals surface area contributed by atoms with E-state index in [1.807, 2.05) is 91.0 Å². The van der Waals surface area contributed by atoms with E-state index in [4.69, 9.17) is 9.47 Å². The molecule has 33 heavy (non-hydrogen) atoms. The first kappa shape index (κ1) is 22.7. The highest BCUT2D eigenvalue weighted by molar-refractivity contribution is 5.90. The van der Waals surface area contributed by atoms with Crippen molar-refractivity contribution < 1.29 is 14.3 Å². The minimum Gasteiger partial charge on any atom is -0.375 e. The van der Waals surface area contributed by atoms with E-state index in [9.17, 15) is 4.79 Å². The van der Waals surface area contributed by atoms with E-state index < -0.39 is 5.41 Å². The fourth-order valence-corrected chi connectivity index (χ4v) is 3.76. The molecule has 0 fully saturated rings. The molecule has 0 saturated heterocycles. The van der Waals surface area contributed by atoms with Crippen molar-refractivity contribution in [2.45, 2.75) is 13.2 Å². The number of hydrogen-bond donors (Lipinski definition) is 0. The zero-order valence-corrected chi connectivity index (χ0v) is 18.6. The van der Waals surface area contributed by atoms with E-state index in [-0.39, 0.29) is 13.2 Å². The Balaban J connectivity index is 1.53. The van der Waals surface area contributed by atoms with Crippen molar-refractivity contribution in [2.75, 3.05) is 13.2 Å². The van der Waals surface area contributed by atoms with Crippen LogP contribution in [0.25, 0.3) is 16.8 Å². The molecule has 4 rings (SSSR count). The van der Waals surface area contributed by atoms with Gasteiger partial charge in [0.25, 0.3) is 0 Å². The Morgan fingerprint density at radius 2 is 1.18 bits per heavy atom. The summed E-state index contributed by atoms with van der Waals surface area (Å²) in [5.41, 5.74) is 2.31. The van der Waals surface area contributed by atoms with Crippen LogP contribution < -0.4 is 0 Å². The van der Waals surface area contributed by atoms with Crippen LogP contribution in [0.5, 0.6) is 0 Å². The van der Waals surface area contributed by atoms with Crippen molar-refractivity contribution >= 4 is 23.1 Å². The minimum absolute atomic E-state index is 0.238. The van der Waals surface area contributed by atoms with E-state index >= 15 is 0 Å². The highest BCUT2D eigenvalue weighted by atomic mass is 16.5. The number of fused-ring (bicyclic) bond motifs is 1. The molecule has 0 bridgehead atoms. The van der Waals surface area contributed by atoms with Crippen LogP contribution in [-0.4, -0.2) is 19.5 Å². The molecule has 0 unspecified atom stereocenters. The van der Waals surface area contributed by atoms with Crippen LogP contribution in [0.15, 0.2) is 109 Å². The molecule has 3 nitrogen and oxygen atoms in total. The maximum absolute atomic E-state index is 12.4. The lowest BCUT2D eigenvalue weighted by molar-refractivity contribution is -0.121. The summed E-state index contributed by atoms with van der Waals surface area (Å²) in [7, 11) is 0. The van der Waals surface area contributed by atoms with Gasteiger partial charge in [-0.05, 0) is 27.5 Å². The van der Waals surface area contributed by atoms with E-state index in [1.54, 1.807) is 0 Å². The number of hydrogen-bond acceptors (Lipinski definition) is 3. The highest BCUT2D eigenvalue weighted by Crippen LogP contribution is 2.25. The standard InChI is InChI=1S/C30H28O3/c31-22-30(23-32-20-25-10-3-1-4-11-25,24-33-21-26-12-5-2-6-13-26)19-18-28-16-9-15-27-14-7-8-17-29(27)28/h1-19,22H,20-21,23-24H2. The van der Waals surface area contributed by atoms with E-state index in [1.165, 1.54) is 0 Å². The molecule has 0 aliphatic rings. The van der Waals surface area contributed by atoms with Crippen LogP contribution >= 0.6 is 0 Å². The quantitative estimate of drug-likeness (QED) is 0.253. The first-order valence-electron chi connectivity index (χ1n) is 11.1. The Morgan fingerprint density at radius 1 is 0.636 bits per heavy atom. The summed E-state index contributed by atoms with van der Waals surface area (Å²) in [4.78, 5) is 12.4. The minimum atomic E-state index is -0.888. The molecule has 0 spiro atoms. The highest BCUT2D eigenvalue weighted by Gasteiger charge is 2.28. The van der Waals surface area contributed by atoms with Gasteiger partial charge < -0.3 is 14.3 Å². The third-order valence-corrected chi connectivity index (χ3v) is 5.62. The van der Waals surface area contributed by atoms with Crippen molar-refractivity contribution in [2.24, 2.45) is 5.41 Å². The molecule has 0 aliphatic heterocycles. The van der Waals surface area contributed by atoms with E-state index in [2.05, 4.69) is 24.3 Å². The Kier molecular flexibility index (Phi) is 7.81. The topological polar surface area (TPSA) is 35.5 Å². The number of ether oxygens (including phenoxy) is 2. The number of carbonyl (C=O) groups excluding carboxylic acids is 1. The Morgan fingerprint density at radius 3 is 1.79 bits per heavy atom. The van der Waals surface area contributed by atoms with Crippen LogP contribution in [0.1, 0.15) is 16.7 Å². The summed E-state index contributed by atoms with van der Waals surface area (Å²) in [6.45, 7) is 1.36. The largest absolute Gasteiger partial charge is 0.375 e. The molecule has 0 amide bonds. The van der Waals surface area contributed by atoms with Gasteiger partial charge in [-0.25, -0.2) is 0 Å². The molecule has 0 saturated carbocycles. The number of benzene rings is 4. The zero-order chi connectivity index (χ0) is 22.8. The number of aldehydes is 1. The summed E-state index contributed by atoms with van der Waals surface area (Å²) in [6.07, 6.45) is 4.89. The zero-order valence-electron chi connectivity index (χ0n) is 18.6. The smallest absolute Gasteiger partial charge is 0.134 e.